The molecular formula is C10H3Cl2F5O2. The number of aliphatic carboxylic acids is 1. The third-order valence-corrected chi connectivity index (χ3v) is 3.81. The van der Waals surface area contributed by atoms with E-state index in [1.54, 1.807) is 0 Å². The molecule has 9 heteroatoms. The Morgan fingerprint density at radius 2 is 1.32 bits per heavy atom. The minimum atomic E-state index is -2.33. The quantitative estimate of drug-likeness (QED) is 0.393. The van der Waals surface area contributed by atoms with Crippen LogP contribution in [0.3, 0.4) is 0 Å². The topological polar surface area (TPSA) is 37.3 Å². The molecule has 19 heavy (non-hydrogen) atoms. The van der Waals surface area contributed by atoms with Crippen molar-refractivity contribution in [3.63, 3.8) is 0 Å². The molecule has 0 aliphatic heterocycles. The van der Waals surface area contributed by atoms with Gasteiger partial charge in [0.1, 0.15) is 10.3 Å². The Morgan fingerprint density at radius 3 is 1.63 bits per heavy atom. The molecule has 0 amide bonds. The highest BCUT2D eigenvalue weighted by atomic mass is 35.5. The highest BCUT2D eigenvalue weighted by Crippen LogP contribution is 2.65. The van der Waals surface area contributed by atoms with Crippen molar-refractivity contribution < 1.29 is 31.9 Å². The van der Waals surface area contributed by atoms with Gasteiger partial charge in [-0.3, -0.25) is 4.79 Å². The Bertz CT molecular complexity index is 561. The van der Waals surface area contributed by atoms with Gasteiger partial charge in [-0.15, -0.1) is 0 Å². The lowest BCUT2D eigenvalue weighted by Crippen LogP contribution is -2.08. The summed E-state index contributed by atoms with van der Waals surface area (Å²) in [5.41, 5.74) is -1.31. The Kier molecular flexibility index (Phi) is 3.17. The molecule has 104 valence electrons. The van der Waals surface area contributed by atoms with Crippen LogP contribution in [0.15, 0.2) is 0 Å². The Labute approximate surface area is 112 Å². The van der Waals surface area contributed by atoms with E-state index in [-0.39, 0.29) is 0 Å². The van der Waals surface area contributed by atoms with Gasteiger partial charge in [0.15, 0.2) is 23.3 Å². The summed E-state index contributed by atoms with van der Waals surface area (Å²) in [7, 11) is 0. The highest BCUT2D eigenvalue weighted by Gasteiger charge is 2.70. The molecule has 0 bridgehead atoms. The fourth-order valence-corrected chi connectivity index (χ4v) is 2.67. The van der Waals surface area contributed by atoms with Gasteiger partial charge >= 0.3 is 5.97 Å². The summed E-state index contributed by atoms with van der Waals surface area (Å²) < 4.78 is 63.5. The van der Waals surface area contributed by atoms with E-state index in [1.165, 1.54) is 0 Å². The van der Waals surface area contributed by atoms with E-state index < -0.39 is 56.8 Å². The maximum atomic E-state index is 13.4. The van der Waals surface area contributed by atoms with Gasteiger partial charge in [-0.25, -0.2) is 22.0 Å². The van der Waals surface area contributed by atoms with Crippen molar-refractivity contribution in [1.29, 1.82) is 0 Å². The molecule has 1 aromatic rings. The molecule has 0 spiro atoms. The summed E-state index contributed by atoms with van der Waals surface area (Å²) in [6.45, 7) is 0. The molecule has 0 radical (unpaired) electrons. The lowest BCUT2D eigenvalue weighted by atomic mass is 10.1. The maximum absolute atomic E-state index is 13.4. The van der Waals surface area contributed by atoms with E-state index in [0.29, 0.717) is 0 Å². The van der Waals surface area contributed by atoms with Crippen LogP contribution in [0.4, 0.5) is 22.0 Å². The first-order valence-electron chi connectivity index (χ1n) is 4.74. The van der Waals surface area contributed by atoms with Gasteiger partial charge < -0.3 is 5.11 Å². The lowest BCUT2D eigenvalue weighted by molar-refractivity contribution is -0.138. The number of alkyl halides is 2. The fourth-order valence-electron chi connectivity index (χ4n) is 1.89. The van der Waals surface area contributed by atoms with Crippen LogP contribution in [-0.4, -0.2) is 15.4 Å². The van der Waals surface area contributed by atoms with Crippen molar-refractivity contribution in [3.05, 3.63) is 34.6 Å². The monoisotopic (exact) mass is 320 g/mol. The van der Waals surface area contributed by atoms with E-state index in [4.69, 9.17) is 28.3 Å². The second-order valence-electron chi connectivity index (χ2n) is 3.95. The summed E-state index contributed by atoms with van der Waals surface area (Å²) in [5, 5.41) is 8.72. The van der Waals surface area contributed by atoms with E-state index in [9.17, 15) is 26.7 Å². The predicted octanol–water partition coefficient (Wildman–Crippen LogP) is 3.35. The molecular weight excluding hydrogens is 318 g/mol. The smallest absolute Gasteiger partial charge is 0.310 e. The molecule has 2 nitrogen and oxygen atoms in total. The number of halogens is 7. The number of benzene rings is 1. The van der Waals surface area contributed by atoms with Crippen molar-refractivity contribution >= 4 is 29.2 Å². The van der Waals surface area contributed by atoms with Crippen LogP contribution in [0.2, 0.25) is 0 Å². The zero-order valence-corrected chi connectivity index (χ0v) is 10.2. The van der Waals surface area contributed by atoms with Crippen molar-refractivity contribution in [2.45, 2.75) is 10.3 Å². The minimum Gasteiger partial charge on any atom is -0.481 e. The van der Waals surface area contributed by atoms with Crippen molar-refractivity contribution in [1.82, 2.24) is 0 Å². The zero-order valence-electron chi connectivity index (χ0n) is 8.66. The molecule has 0 heterocycles. The summed E-state index contributed by atoms with van der Waals surface area (Å²) in [4.78, 5) is 10.7. The van der Waals surface area contributed by atoms with Crippen LogP contribution >= 0.6 is 23.2 Å². The molecule has 0 saturated heterocycles. The first kappa shape index (κ1) is 14.3. The molecule has 2 atom stereocenters. The Balaban J connectivity index is 2.63. The Morgan fingerprint density at radius 1 is 0.947 bits per heavy atom. The summed E-state index contributed by atoms with van der Waals surface area (Å²) in [6.07, 6.45) is 0. The third kappa shape index (κ3) is 1.87. The largest absolute Gasteiger partial charge is 0.481 e. The average molecular weight is 321 g/mol. The van der Waals surface area contributed by atoms with E-state index in [2.05, 4.69) is 0 Å². The van der Waals surface area contributed by atoms with Gasteiger partial charge in [-0.05, 0) is 0 Å². The number of carboxylic acid groups (broad SMARTS) is 1. The van der Waals surface area contributed by atoms with E-state index in [1.807, 2.05) is 0 Å². The maximum Gasteiger partial charge on any atom is 0.310 e. The van der Waals surface area contributed by atoms with E-state index >= 15 is 0 Å². The second kappa shape index (κ2) is 4.21. The van der Waals surface area contributed by atoms with Gasteiger partial charge in [-0.2, -0.15) is 0 Å². The highest BCUT2D eigenvalue weighted by molar-refractivity contribution is 6.53. The molecule has 1 fully saturated rings. The van der Waals surface area contributed by atoms with Crippen LogP contribution in [0, 0.1) is 35.0 Å². The van der Waals surface area contributed by atoms with Crippen LogP contribution < -0.4 is 0 Å². The first-order chi connectivity index (χ1) is 8.62. The molecule has 1 N–H and O–H groups in total. The van der Waals surface area contributed by atoms with Gasteiger partial charge in [0.25, 0.3) is 0 Å². The van der Waals surface area contributed by atoms with Gasteiger partial charge in [0, 0.05) is 11.5 Å². The Hall–Kier alpha value is -1.08. The second-order valence-corrected chi connectivity index (χ2v) is 5.40. The lowest BCUT2D eigenvalue weighted by Gasteiger charge is -2.07. The number of hydrogen-bond acceptors (Lipinski definition) is 1. The van der Waals surface area contributed by atoms with Crippen LogP contribution in [0.1, 0.15) is 11.5 Å². The summed E-state index contributed by atoms with van der Waals surface area (Å²) in [5.74, 6) is -15.9. The zero-order chi connectivity index (χ0) is 14.7. The summed E-state index contributed by atoms with van der Waals surface area (Å²) in [6, 6.07) is 0. The van der Waals surface area contributed by atoms with Crippen LogP contribution in [-0.2, 0) is 4.79 Å². The van der Waals surface area contributed by atoms with Crippen LogP contribution in [0.25, 0.3) is 0 Å². The van der Waals surface area contributed by atoms with Gasteiger partial charge in [-0.1, -0.05) is 23.2 Å². The molecule has 1 aliphatic carbocycles. The molecule has 0 aromatic heterocycles. The van der Waals surface area contributed by atoms with Crippen molar-refractivity contribution in [3.8, 4) is 0 Å². The average Bonchev–Trinajstić information content (AvgIpc) is 2.87. The number of rotatable bonds is 2. The molecule has 2 rings (SSSR count). The standard InChI is InChI=1S/C10H3Cl2F5O2/c11-10(12)2(3(10)9(18)19)1-4(13)6(15)8(17)7(16)5(1)14/h2-3H,(H,18,19)/t2-,3+/m1/s1. The molecule has 1 aliphatic rings. The van der Waals surface area contributed by atoms with Gasteiger partial charge in [0.05, 0.1) is 0 Å². The molecule has 0 unspecified atom stereocenters. The molecule has 1 saturated carbocycles. The van der Waals surface area contributed by atoms with Crippen molar-refractivity contribution in [2.24, 2.45) is 5.92 Å². The minimum absolute atomic E-state index is 1.31. The predicted molar refractivity (Wildman–Crippen MR) is 54.5 cm³/mol. The first-order valence-corrected chi connectivity index (χ1v) is 5.49. The third-order valence-electron chi connectivity index (χ3n) is 2.87. The SMILES string of the molecule is O=C(O)[C@@H]1[C@@H](c2c(F)c(F)c(F)c(F)c2F)C1(Cl)Cl. The number of carbonyl (C=O) groups is 1. The van der Waals surface area contributed by atoms with Crippen molar-refractivity contribution in [2.75, 3.05) is 0 Å². The number of carboxylic acids is 1. The normalized spacial score (nSPS) is 24.4. The van der Waals surface area contributed by atoms with Gasteiger partial charge in [0.2, 0.25) is 5.82 Å². The number of hydrogen-bond donors (Lipinski definition) is 1. The summed E-state index contributed by atoms with van der Waals surface area (Å²) >= 11 is 11.0. The van der Waals surface area contributed by atoms with E-state index in [0.717, 1.165) is 0 Å². The van der Waals surface area contributed by atoms with Crippen LogP contribution in [0.5, 0.6) is 0 Å². The molecule has 1 aromatic carbocycles. The fraction of sp³-hybridized carbons (Fsp3) is 0.300.